The lowest BCUT2D eigenvalue weighted by molar-refractivity contribution is -0.201. The molecular formula is C39H51N3O15. The number of nitrogens with zero attached hydrogens (tertiary/aromatic N) is 1. The minimum Gasteiger partial charge on any atom is -0.462 e. The summed E-state index contributed by atoms with van der Waals surface area (Å²) in [6.45, 7) is 9.30. The largest absolute Gasteiger partial charge is 0.462 e. The second kappa shape index (κ2) is 16.4. The van der Waals surface area contributed by atoms with E-state index < -0.39 is 113 Å². The molecule has 0 aromatic heterocycles. The van der Waals surface area contributed by atoms with Crippen LogP contribution in [-0.4, -0.2) is 131 Å². The minimum absolute atomic E-state index is 0.0214. The van der Waals surface area contributed by atoms with Crippen molar-refractivity contribution in [1.82, 2.24) is 15.7 Å². The van der Waals surface area contributed by atoms with Gasteiger partial charge in [0.1, 0.15) is 54.9 Å². The summed E-state index contributed by atoms with van der Waals surface area (Å²) in [6.07, 6.45) is -3.56. The van der Waals surface area contributed by atoms with E-state index in [9.17, 15) is 39.0 Å². The number of ether oxygens (including phenoxy) is 6. The highest BCUT2D eigenvalue weighted by Crippen LogP contribution is 2.55. The van der Waals surface area contributed by atoms with Crippen LogP contribution in [0.1, 0.15) is 71.9 Å². The topological polar surface area (TPSA) is 235 Å². The molecule has 312 valence electrons. The smallest absolute Gasteiger partial charge is 0.348 e. The molecule has 4 heterocycles. The zero-order valence-electron chi connectivity index (χ0n) is 32.8. The zero-order chi connectivity index (χ0) is 41.4. The fraction of sp³-hybridized carbons (Fsp3) is 0.641. The van der Waals surface area contributed by atoms with Crippen LogP contribution in [0.3, 0.4) is 0 Å². The van der Waals surface area contributed by atoms with Crippen molar-refractivity contribution in [3.8, 4) is 0 Å². The van der Waals surface area contributed by atoms with E-state index >= 15 is 0 Å². The highest BCUT2D eigenvalue weighted by Gasteiger charge is 2.75. The SMILES string of the molecule is CC(O)C(NC(=O)C12CC3OC(=O)C1N(Cc1ccccc1C=CC(=O)OC1C(=O)OCC1(C)C)OC2C1OCOC31)C(=O)NC(CO)CCC(=O)OC(C)(C)C. The summed E-state index contributed by atoms with van der Waals surface area (Å²) < 4.78 is 33.3. The third kappa shape index (κ3) is 8.71. The molecule has 4 N–H and O–H groups in total. The maximum Gasteiger partial charge on any atom is 0.348 e. The maximum atomic E-state index is 14.7. The first-order chi connectivity index (χ1) is 26.8. The molecule has 2 bridgehead atoms. The Bertz CT molecular complexity index is 1770. The fourth-order valence-electron chi connectivity index (χ4n) is 7.96. The summed E-state index contributed by atoms with van der Waals surface area (Å²) in [6, 6.07) is 3.13. The number of hydrogen-bond acceptors (Lipinski definition) is 16. The van der Waals surface area contributed by atoms with Gasteiger partial charge in [-0.25, -0.2) is 9.59 Å². The Morgan fingerprint density at radius 3 is 2.46 bits per heavy atom. The zero-order valence-corrected chi connectivity index (χ0v) is 32.8. The Morgan fingerprint density at radius 2 is 1.79 bits per heavy atom. The molecule has 1 saturated carbocycles. The lowest BCUT2D eigenvalue weighted by Gasteiger charge is -2.49. The Hall–Kier alpha value is -4.46. The molecule has 4 aliphatic heterocycles. The summed E-state index contributed by atoms with van der Waals surface area (Å²) in [5, 5.41) is 27.3. The predicted octanol–water partition coefficient (Wildman–Crippen LogP) is 0.201. The number of amides is 2. The number of carbonyl (C=O) groups excluding carboxylic acids is 6. The van der Waals surface area contributed by atoms with Crippen LogP contribution in [0.2, 0.25) is 0 Å². The number of aliphatic hydroxyl groups excluding tert-OH is 2. The normalized spacial score (nSPS) is 30.5. The fourth-order valence-corrected chi connectivity index (χ4v) is 7.96. The second-order valence-electron chi connectivity index (χ2n) is 16.8. The third-order valence-electron chi connectivity index (χ3n) is 10.8. The number of benzene rings is 1. The number of aliphatic hydroxyl groups is 2. The quantitative estimate of drug-likeness (QED) is 0.112. The molecule has 2 amide bonds. The van der Waals surface area contributed by atoms with Gasteiger partial charge in [0, 0.05) is 24.3 Å². The van der Waals surface area contributed by atoms with Gasteiger partial charge in [0.25, 0.3) is 0 Å². The standard InChI is InChI=1S/C39H51N3O15/c1-20(44)27(33(47)40-23(17-43)12-14-26(46)56-37(2,3)4)41-36(50)39-15-24-28-29(53-19-52-28)31(39)57-42(30(39)34(48)54-24)16-22-10-8-7-9-21(22)11-13-25(45)55-32-35(49)51-18-38(32,5)6/h7-11,13,20,23-24,27-32,43-44H,12,14-19H2,1-6H3,(H,40,47)(H,41,50). The molecule has 4 saturated heterocycles. The predicted molar refractivity (Wildman–Crippen MR) is 194 cm³/mol. The molecular weight excluding hydrogens is 750 g/mol. The summed E-state index contributed by atoms with van der Waals surface area (Å²) in [4.78, 5) is 85.9. The Balaban J connectivity index is 1.22. The highest BCUT2D eigenvalue weighted by molar-refractivity contribution is 5.96. The van der Waals surface area contributed by atoms with Crippen LogP contribution in [0.25, 0.3) is 6.08 Å². The van der Waals surface area contributed by atoms with Gasteiger partial charge in [0.15, 0.2) is 6.04 Å². The van der Waals surface area contributed by atoms with Crippen LogP contribution in [0.15, 0.2) is 30.3 Å². The van der Waals surface area contributed by atoms with Crippen molar-refractivity contribution < 1.29 is 72.2 Å². The Labute approximate surface area is 329 Å². The minimum atomic E-state index is -1.69. The number of fused-ring (bicyclic) bond motifs is 4. The van der Waals surface area contributed by atoms with Gasteiger partial charge in [-0.3, -0.25) is 24.0 Å². The number of rotatable bonds is 14. The lowest BCUT2D eigenvalue weighted by atomic mass is 9.62. The van der Waals surface area contributed by atoms with E-state index in [2.05, 4.69) is 10.6 Å². The van der Waals surface area contributed by atoms with Crippen LogP contribution in [0.5, 0.6) is 0 Å². The van der Waals surface area contributed by atoms with Gasteiger partial charge in [0.2, 0.25) is 17.9 Å². The molecule has 18 heteroatoms. The molecule has 1 aromatic rings. The molecule has 1 aliphatic carbocycles. The summed E-state index contributed by atoms with van der Waals surface area (Å²) in [5.41, 5.74) is -2.00. The van der Waals surface area contributed by atoms with Crippen molar-refractivity contribution in [2.24, 2.45) is 10.8 Å². The van der Waals surface area contributed by atoms with E-state index in [0.29, 0.717) is 11.1 Å². The second-order valence-corrected chi connectivity index (χ2v) is 16.8. The summed E-state index contributed by atoms with van der Waals surface area (Å²) in [7, 11) is 0. The van der Waals surface area contributed by atoms with Crippen molar-refractivity contribution in [3.63, 3.8) is 0 Å². The first kappa shape index (κ1) is 42.2. The summed E-state index contributed by atoms with van der Waals surface area (Å²) in [5.74, 6) is -4.31. The van der Waals surface area contributed by atoms with E-state index in [1.54, 1.807) is 58.9 Å². The highest BCUT2D eigenvalue weighted by atomic mass is 16.8. The first-order valence-electron chi connectivity index (χ1n) is 19.0. The Morgan fingerprint density at radius 1 is 1.07 bits per heavy atom. The maximum absolute atomic E-state index is 14.7. The van der Waals surface area contributed by atoms with Crippen LogP contribution >= 0.6 is 0 Å². The van der Waals surface area contributed by atoms with E-state index in [4.69, 9.17) is 33.3 Å². The van der Waals surface area contributed by atoms with Crippen LogP contribution < -0.4 is 10.6 Å². The number of carbonyl (C=O) groups is 6. The van der Waals surface area contributed by atoms with Crippen molar-refractivity contribution >= 4 is 41.8 Å². The summed E-state index contributed by atoms with van der Waals surface area (Å²) >= 11 is 0. The molecule has 6 rings (SSSR count). The number of hydrogen-bond donors (Lipinski definition) is 4. The van der Waals surface area contributed by atoms with E-state index in [1.807, 2.05) is 0 Å². The molecule has 10 atom stereocenters. The number of hydroxylamine groups is 2. The van der Waals surface area contributed by atoms with Gasteiger partial charge in [-0.2, -0.15) is 5.06 Å². The van der Waals surface area contributed by atoms with Gasteiger partial charge in [-0.15, -0.1) is 0 Å². The van der Waals surface area contributed by atoms with Gasteiger partial charge in [0.05, 0.1) is 25.3 Å². The number of cyclic esters (lactones) is 1. The van der Waals surface area contributed by atoms with Crippen molar-refractivity contribution in [1.29, 1.82) is 0 Å². The van der Waals surface area contributed by atoms with Gasteiger partial charge < -0.3 is 49.3 Å². The molecule has 5 fully saturated rings. The van der Waals surface area contributed by atoms with Crippen LogP contribution in [-0.2, 0) is 68.6 Å². The van der Waals surface area contributed by atoms with Crippen LogP contribution in [0.4, 0.5) is 0 Å². The average molecular weight is 802 g/mol. The molecule has 10 unspecified atom stereocenters. The van der Waals surface area contributed by atoms with Crippen LogP contribution in [0, 0.1) is 10.8 Å². The monoisotopic (exact) mass is 801 g/mol. The number of esters is 4. The van der Waals surface area contributed by atoms with Gasteiger partial charge >= 0.3 is 23.9 Å². The number of nitrogens with one attached hydrogen (secondary N) is 2. The van der Waals surface area contributed by atoms with Crippen molar-refractivity contribution in [2.45, 2.75) is 128 Å². The first-order valence-corrected chi connectivity index (χ1v) is 19.0. The molecule has 0 radical (unpaired) electrons. The molecule has 18 nitrogen and oxygen atoms in total. The van der Waals surface area contributed by atoms with Crippen molar-refractivity contribution in [3.05, 3.63) is 41.5 Å². The van der Waals surface area contributed by atoms with Crippen molar-refractivity contribution in [2.75, 3.05) is 20.0 Å². The van der Waals surface area contributed by atoms with E-state index in [0.717, 1.165) is 0 Å². The molecule has 5 aliphatic rings. The third-order valence-corrected chi connectivity index (χ3v) is 10.8. The van der Waals surface area contributed by atoms with E-state index in [-0.39, 0.29) is 39.2 Å². The van der Waals surface area contributed by atoms with E-state index in [1.165, 1.54) is 24.1 Å². The molecule has 57 heavy (non-hydrogen) atoms. The lowest BCUT2D eigenvalue weighted by Crippen LogP contribution is -2.71. The Kier molecular flexibility index (Phi) is 12.1. The van der Waals surface area contributed by atoms with Gasteiger partial charge in [-0.1, -0.05) is 38.1 Å². The average Bonchev–Trinajstić information content (AvgIpc) is 3.83. The van der Waals surface area contributed by atoms with Gasteiger partial charge in [-0.05, 0) is 51.3 Å². The molecule has 1 aromatic carbocycles. The molecule has 0 spiro atoms.